The number of aliphatic carboxylic acids is 1. The van der Waals surface area contributed by atoms with Gasteiger partial charge in [-0.3, -0.25) is 19.7 Å². The SMILES string of the molecule is CCOCCCN(CC(C)C(=O)O)C(=O)c1ccc([N+](=O)[O-])cc1. The van der Waals surface area contributed by atoms with Crippen LogP contribution in [-0.4, -0.2) is 53.1 Å². The summed E-state index contributed by atoms with van der Waals surface area (Å²) in [5.41, 5.74) is 0.183. The van der Waals surface area contributed by atoms with Gasteiger partial charge in [-0.05, 0) is 25.5 Å². The highest BCUT2D eigenvalue weighted by Crippen LogP contribution is 2.15. The minimum Gasteiger partial charge on any atom is -0.481 e. The molecule has 1 N–H and O–H groups in total. The molecule has 1 unspecified atom stereocenters. The van der Waals surface area contributed by atoms with E-state index in [9.17, 15) is 19.7 Å². The molecule has 132 valence electrons. The van der Waals surface area contributed by atoms with Crippen molar-refractivity contribution in [2.75, 3.05) is 26.3 Å². The summed E-state index contributed by atoms with van der Waals surface area (Å²) in [6, 6.07) is 5.27. The molecule has 0 heterocycles. The van der Waals surface area contributed by atoms with E-state index in [1.165, 1.54) is 36.1 Å². The van der Waals surface area contributed by atoms with E-state index in [0.29, 0.717) is 26.2 Å². The number of nitro groups is 1. The predicted molar refractivity (Wildman–Crippen MR) is 86.9 cm³/mol. The van der Waals surface area contributed by atoms with Crippen molar-refractivity contribution in [3.8, 4) is 0 Å². The van der Waals surface area contributed by atoms with E-state index in [1.807, 2.05) is 6.92 Å². The molecule has 0 spiro atoms. The van der Waals surface area contributed by atoms with Gasteiger partial charge in [-0.2, -0.15) is 0 Å². The Morgan fingerprint density at radius 1 is 1.33 bits per heavy atom. The topological polar surface area (TPSA) is 110 Å². The van der Waals surface area contributed by atoms with Gasteiger partial charge in [-0.15, -0.1) is 0 Å². The van der Waals surface area contributed by atoms with Crippen LogP contribution in [0.1, 0.15) is 30.6 Å². The molecule has 8 nitrogen and oxygen atoms in total. The molecule has 0 aromatic heterocycles. The summed E-state index contributed by atoms with van der Waals surface area (Å²) < 4.78 is 5.23. The van der Waals surface area contributed by atoms with Crippen molar-refractivity contribution < 1.29 is 24.4 Å². The van der Waals surface area contributed by atoms with Crippen LogP contribution >= 0.6 is 0 Å². The number of amides is 1. The van der Waals surface area contributed by atoms with Crippen LogP contribution in [0.3, 0.4) is 0 Å². The Balaban J connectivity index is 2.84. The molecule has 0 fully saturated rings. The smallest absolute Gasteiger partial charge is 0.308 e. The fraction of sp³-hybridized carbons (Fsp3) is 0.500. The van der Waals surface area contributed by atoms with E-state index < -0.39 is 16.8 Å². The lowest BCUT2D eigenvalue weighted by atomic mass is 10.1. The third kappa shape index (κ3) is 5.96. The van der Waals surface area contributed by atoms with Crippen LogP contribution in [0, 0.1) is 16.0 Å². The van der Waals surface area contributed by atoms with Gasteiger partial charge in [-0.1, -0.05) is 6.92 Å². The largest absolute Gasteiger partial charge is 0.481 e. The molecule has 0 radical (unpaired) electrons. The number of nitro benzene ring substituents is 1. The molecule has 0 saturated carbocycles. The Kier molecular flexibility index (Phi) is 7.84. The number of hydrogen-bond donors (Lipinski definition) is 1. The van der Waals surface area contributed by atoms with Crippen molar-refractivity contribution in [3.05, 3.63) is 39.9 Å². The molecule has 1 aromatic rings. The molecule has 24 heavy (non-hydrogen) atoms. The highest BCUT2D eigenvalue weighted by Gasteiger charge is 2.22. The maximum Gasteiger partial charge on any atom is 0.308 e. The average Bonchev–Trinajstić information content (AvgIpc) is 2.56. The number of carbonyl (C=O) groups excluding carboxylic acids is 1. The highest BCUT2D eigenvalue weighted by atomic mass is 16.6. The molecule has 1 aromatic carbocycles. The van der Waals surface area contributed by atoms with Gasteiger partial charge in [0, 0.05) is 44.0 Å². The third-order valence-electron chi connectivity index (χ3n) is 3.45. The van der Waals surface area contributed by atoms with Crippen molar-refractivity contribution in [3.63, 3.8) is 0 Å². The second kappa shape index (κ2) is 9.61. The Morgan fingerprint density at radius 2 is 1.96 bits per heavy atom. The van der Waals surface area contributed by atoms with Gasteiger partial charge in [-0.25, -0.2) is 0 Å². The second-order valence-electron chi connectivity index (χ2n) is 5.34. The molecule has 0 aliphatic heterocycles. The van der Waals surface area contributed by atoms with E-state index in [4.69, 9.17) is 9.84 Å². The van der Waals surface area contributed by atoms with Crippen molar-refractivity contribution in [1.29, 1.82) is 0 Å². The summed E-state index contributed by atoms with van der Waals surface area (Å²) in [5.74, 6) is -2.05. The van der Waals surface area contributed by atoms with Crippen molar-refractivity contribution >= 4 is 17.6 Å². The Labute approximate surface area is 140 Å². The summed E-state index contributed by atoms with van der Waals surface area (Å²) in [6.45, 7) is 4.86. The third-order valence-corrected chi connectivity index (χ3v) is 3.45. The molecule has 0 aliphatic rings. The zero-order chi connectivity index (χ0) is 18.1. The number of rotatable bonds is 10. The number of ether oxygens (including phenoxy) is 1. The van der Waals surface area contributed by atoms with E-state index in [-0.39, 0.29) is 23.7 Å². The molecule has 8 heteroatoms. The molecule has 1 atom stereocenters. The van der Waals surface area contributed by atoms with E-state index in [1.54, 1.807) is 0 Å². The number of benzene rings is 1. The number of carboxylic acids is 1. The van der Waals surface area contributed by atoms with Gasteiger partial charge in [0.05, 0.1) is 10.8 Å². The number of non-ortho nitro benzene ring substituents is 1. The zero-order valence-corrected chi connectivity index (χ0v) is 13.8. The molecule has 0 bridgehead atoms. The Bertz CT molecular complexity index is 572. The number of carbonyl (C=O) groups is 2. The summed E-state index contributed by atoms with van der Waals surface area (Å²) >= 11 is 0. The minimum atomic E-state index is -0.985. The van der Waals surface area contributed by atoms with Gasteiger partial charge >= 0.3 is 5.97 Å². The van der Waals surface area contributed by atoms with Crippen LogP contribution in [0.4, 0.5) is 5.69 Å². The van der Waals surface area contributed by atoms with Crippen LogP contribution in [0.15, 0.2) is 24.3 Å². The first-order chi connectivity index (χ1) is 11.4. The molecular formula is C16H22N2O6. The number of hydrogen-bond acceptors (Lipinski definition) is 5. The van der Waals surface area contributed by atoms with Crippen molar-refractivity contribution in [1.82, 2.24) is 4.90 Å². The maximum atomic E-state index is 12.6. The van der Waals surface area contributed by atoms with Crippen LogP contribution in [0.25, 0.3) is 0 Å². The molecule has 1 amide bonds. The van der Waals surface area contributed by atoms with Gasteiger partial charge in [0.15, 0.2) is 0 Å². The minimum absolute atomic E-state index is 0.0667. The molecular weight excluding hydrogens is 316 g/mol. The Hall–Kier alpha value is -2.48. The molecule has 0 saturated heterocycles. The molecule has 0 aliphatic carbocycles. The van der Waals surface area contributed by atoms with Gasteiger partial charge in [0.1, 0.15) is 0 Å². The summed E-state index contributed by atoms with van der Waals surface area (Å²) in [7, 11) is 0. The second-order valence-corrected chi connectivity index (χ2v) is 5.34. The van der Waals surface area contributed by atoms with Gasteiger partial charge < -0.3 is 14.7 Å². The maximum absolute atomic E-state index is 12.6. The number of carboxylic acid groups (broad SMARTS) is 1. The van der Waals surface area contributed by atoms with Crippen LogP contribution < -0.4 is 0 Å². The van der Waals surface area contributed by atoms with Gasteiger partial charge in [0.25, 0.3) is 11.6 Å². The predicted octanol–water partition coefficient (Wildman–Crippen LogP) is 2.18. The monoisotopic (exact) mass is 338 g/mol. The lowest BCUT2D eigenvalue weighted by Crippen LogP contribution is -2.38. The van der Waals surface area contributed by atoms with E-state index >= 15 is 0 Å². The fourth-order valence-electron chi connectivity index (χ4n) is 2.09. The first-order valence-electron chi connectivity index (χ1n) is 7.71. The first kappa shape index (κ1) is 19.6. The fourth-order valence-corrected chi connectivity index (χ4v) is 2.09. The summed E-state index contributed by atoms with van der Waals surface area (Å²) in [4.78, 5) is 35.2. The van der Waals surface area contributed by atoms with Gasteiger partial charge in [0.2, 0.25) is 0 Å². The van der Waals surface area contributed by atoms with Crippen LogP contribution in [-0.2, 0) is 9.53 Å². The summed E-state index contributed by atoms with van der Waals surface area (Å²) in [6.07, 6.45) is 0.582. The molecule has 1 rings (SSSR count). The first-order valence-corrected chi connectivity index (χ1v) is 7.71. The lowest BCUT2D eigenvalue weighted by molar-refractivity contribution is -0.384. The zero-order valence-electron chi connectivity index (χ0n) is 13.8. The van der Waals surface area contributed by atoms with Crippen LogP contribution in [0.5, 0.6) is 0 Å². The average molecular weight is 338 g/mol. The van der Waals surface area contributed by atoms with Crippen molar-refractivity contribution in [2.24, 2.45) is 5.92 Å². The quantitative estimate of drug-likeness (QED) is 0.398. The van der Waals surface area contributed by atoms with E-state index in [0.717, 1.165) is 0 Å². The lowest BCUT2D eigenvalue weighted by Gasteiger charge is -2.24. The van der Waals surface area contributed by atoms with Crippen LogP contribution in [0.2, 0.25) is 0 Å². The Morgan fingerprint density at radius 3 is 2.46 bits per heavy atom. The van der Waals surface area contributed by atoms with Crippen molar-refractivity contribution in [2.45, 2.75) is 20.3 Å². The van der Waals surface area contributed by atoms with E-state index in [2.05, 4.69) is 0 Å². The normalized spacial score (nSPS) is 11.8. The number of nitrogens with zero attached hydrogens (tertiary/aromatic N) is 2. The highest BCUT2D eigenvalue weighted by molar-refractivity contribution is 5.94. The standard InChI is InChI=1S/C16H22N2O6/c1-3-24-10-4-9-17(11-12(2)16(20)21)15(19)13-5-7-14(8-6-13)18(22)23/h5-8,12H,3-4,9-11H2,1-2H3,(H,20,21). The summed E-state index contributed by atoms with van der Waals surface area (Å²) in [5, 5.41) is 19.7.